The number of fused-ring (bicyclic) bond motifs is 1. The summed E-state index contributed by atoms with van der Waals surface area (Å²) in [5.74, 6) is 0.608. The Hall–Kier alpha value is -0.340. The Morgan fingerprint density at radius 1 is 1.43 bits per heavy atom. The van der Waals surface area contributed by atoms with Crippen molar-refractivity contribution < 1.29 is 0 Å². The van der Waals surface area contributed by atoms with Gasteiger partial charge in [0.05, 0.1) is 0 Å². The number of hydrogen-bond acceptors (Lipinski definition) is 2. The molecule has 0 saturated carbocycles. The first-order valence-corrected chi connectivity index (χ1v) is 6.49. The van der Waals surface area contributed by atoms with E-state index >= 15 is 0 Å². The Labute approximate surface area is 90.3 Å². The zero-order valence-electron chi connectivity index (χ0n) is 8.83. The van der Waals surface area contributed by atoms with Crippen LogP contribution >= 0.6 is 11.3 Å². The van der Waals surface area contributed by atoms with Crippen molar-refractivity contribution in [3.05, 3.63) is 21.9 Å². The Balaban J connectivity index is 2.27. The van der Waals surface area contributed by atoms with Crippen molar-refractivity contribution in [1.29, 1.82) is 0 Å². The van der Waals surface area contributed by atoms with Gasteiger partial charge >= 0.3 is 0 Å². The standard InChI is InChI=1S/C12H19NS/c1-9(13)10-5-3-2-4-6-12-11(10)7-8-14-12/h7-10H,2-6,13H2,1H3/t9-,10+/m0/s1. The summed E-state index contributed by atoms with van der Waals surface area (Å²) >= 11 is 1.91. The minimum atomic E-state index is 0.307. The molecule has 0 aliphatic heterocycles. The van der Waals surface area contributed by atoms with Crippen LogP contribution in [0.3, 0.4) is 0 Å². The molecule has 0 spiro atoms. The van der Waals surface area contributed by atoms with Crippen molar-refractivity contribution in [2.45, 2.75) is 51.0 Å². The van der Waals surface area contributed by atoms with Crippen LogP contribution in [0.4, 0.5) is 0 Å². The van der Waals surface area contributed by atoms with Crippen LogP contribution in [0.25, 0.3) is 0 Å². The van der Waals surface area contributed by atoms with E-state index in [1.54, 1.807) is 10.4 Å². The van der Waals surface area contributed by atoms with Gasteiger partial charge in [0.2, 0.25) is 0 Å². The second-order valence-corrected chi connectivity index (χ2v) is 5.36. The van der Waals surface area contributed by atoms with E-state index in [1.165, 1.54) is 32.1 Å². The predicted octanol–water partition coefficient (Wildman–Crippen LogP) is 3.30. The van der Waals surface area contributed by atoms with Crippen LogP contribution in [-0.4, -0.2) is 6.04 Å². The van der Waals surface area contributed by atoms with Gasteiger partial charge < -0.3 is 5.73 Å². The maximum absolute atomic E-state index is 6.07. The molecule has 0 bridgehead atoms. The molecule has 1 nitrogen and oxygen atoms in total. The fourth-order valence-electron chi connectivity index (χ4n) is 2.41. The SMILES string of the molecule is C[C@H](N)[C@H]1CCCCCc2sccc21. The van der Waals surface area contributed by atoms with Crippen molar-refractivity contribution in [1.82, 2.24) is 0 Å². The Morgan fingerprint density at radius 3 is 3.07 bits per heavy atom. The summed E-state index contributed by atoms with van der Waals surface area (Å²) in [5, 5.41) is 2.23. The average molecular weight is 209 g/mol. The molecule has 0 aromatic carbocycles. The van der Waals surface area contributed by atoms with Crippen molar-refractivity contribution in [2.24, 2.45) is 5.73 Å². The highest BCUT2D eigenvalue weighted by Crippen LogP contribution is 2.34. The van der Waals surface area contributed by atoms with E-state index in [0.29, 0.717) is 12.0 Å². The van der Waals surface area contributed by atoms with E-state index in [2.05, 4.69) is 18.4 Å². The number of rotatable bonds is 1. The summed E-state index contributed by atoms with van der Waals surface area (Å²) in [6, 6.07) is 2.60. The van der Waals surface area contributed by atoms with Crippen molar-refractivity contribution in [2.75, 3.05) is 0 Å². The number of aryl methyl sites for hydroxylation is 1. The lowest BCUT2D eigenvalue weighted by molar-refractivity contribution is 0.482. The fourth-order valence-corrected chi connectivity index (χ4v) is 3.41. The third-order valence-corrected chi connectivity index (χ3v) is 4.23. The summed E-state index contributed by atoms with van der Waals surface area (Å²) in [6.45, 7) is 2.15. The normalized spacial score (nSPS) is 24.9. The minimum Gasteiger partial charge on any atom is -0.327 e. The molecule has 0 fully saturated rings. The van der Waals surface area contributed by atoms with E-state index in [-0.39, 0.29) is 0 Å². The van der Waals surface area contributed by atoms with Crippen LogP contribution in [0.5, 0.6) is 0 Å². The zero-order chi connectivity index (χ0) is 9.97. The third kappa shape index (κ3) is 2.01. The summed E-state index contributed by atoms with van der Waals surface area (Å²) in [6.07, 6.45) is 6.64. The zero-order valence-corrected chi connectivity index (χ0v) is 9.65. The molecule has 1 aliphatic carbocycles. The molecule has 0 radical (unpaired) electrons. The molecule has 14 heavy (non-hydrogen) atoms. The minimum absolute atomic E-state index is 0.307. The van der Waals surface area contributed by atoms with Crippen molar-refractivity contribution in [3.63, 3.8) is 0 Å². The van der Waals surface area contributed by atoms with Crippen LogP contribution in [0.15, 0.2) is 11.4 Å². The van der Waals surface area contributed by atoms with Crippen LogP contribution in [-0.2, 0) is 6.42 Å². The molecule has 2 atom stereocenters. The van der Waals surface area contributed by atoms with Gasteiger partial charge in [0, 0.05) is 10.9 Å². The number of thiophene rings is 1. The smallest absolute Gasteiger partial charge is 0.00806 e. The van der Waals surface area contributed by atoms with Gasteiger partial charge in [-0.15, -0.1) is 11.3 Å². The topological polar surface area (TPSA) is 26.0 Å². The van der Waals surface area contributed by atoms with E-state index < -0.39 is 0 Å². The molecule has 1 aromatic rings. The molecule has 1 aliphatic rings. The second kappa shape index (κ2) is 4.45. The summed E-state index contributed by atoms with van der Waals surface area (Å²) < 4.78 is 0. The Bertz CT molecular complexity index is 290. The van der Waals surface area contributed by atoms with E-state index in [1.807, 2.05) is 11.3 Å². The second-order valence-electron chi connectivity index (χ2n) is 4.36. The van der Waals surface area contributed by atoms with Gasteiger partial charge in [-0.2, -0.15) is 0 Å². The molecule has 1 aromatic heterocycles. The molecule has 2 N–H and O–H groups in total. The molecule has 1 heterocycles. The average Bonchev–Trinajstić information content (AvgIpc) is 2.51. The fraction of sp³-hybridized carbons (Fsp3) is 0.667. The highest BCUT2D eigenvalue weighted by atomic mass is 32.1. The third-order valence-electron chi connectivity index (χ3n) is 3.23. The Kier molecular flexibility index (Phi) is 3.24. The van der Waals surface area contributed by atoms with Gasteiger partial charge in [-0.3, -0.25) is 0 Å². The van der Waals surface area contributed by atoms with Gasteiger partial charge in [0.25, 0.3) is 0 Å². The monoisotopic (exact) mass is 209 g/mol. The molecular weight excluding hydrogens is 190 g/mol. The van der Waals surface area contributed by atoms with Gasteiger partial charge in [-0.25, -0.2) is 0 Å². The summed E-state index contributed by atoms with van der Waals surface area (Å²) in [5.41, 5.74) is 7.61. The lowest BCUT2D eigenvalue weighted by Crippen LogP contribution is -2.25. The van der Waals surface area contributed by atoms with Crippen molar-refractivity contribution >= 4 is 11.3 Å². The first-order valence-electron chi connectivity index (χ1n) is 5.61. The predicted molar refractivity (Wildman–Crippen MR) is 62.9 cm³/mol. The molecule has 0 unspecified atom stereocenters. The van der Waals surface area contributed by atoms with Crippen LogP contribution in [0.1, 0.15) is 49.0 Å². The quantitative estimate of drug-likeness (QED) is 0.754. The van der Waals surface area contributed by atoms with E-state index in [4.69, 9.17) is 5.73 Å². The molecule has 0 amide bonds. The largest absolute Gasteiger partial charge is 0.327 e. The van der Waals surface area contributed by atoms with E-state index in [0.717, 1.165) is 0 Å². The number of nitrogens with two attached hydrogens (primary N) is 1. The maximum atomic E-state index is 6.07. The summed E-state index contributed by atoms with van der Waals surface area (Å²) in [4.78, 5) is 1.59. The molecule has 2 rings (SSSR count). The molecule has 2 heteroatoms. The van der Waals surface area contributed by atoms with Crippen molar-refractivity contribution in [3.8, 4) is 0 Å². The highest BCUT2D eigenvalue weighted by Gasteiger charge is 2.21. The first-order chi connectivity index (χ1) is 6.79. The first kappa shape index (κ1) is 10.2. The molecular formula is C12H19NS. The van der Waals surface area contributed by atoms with E-state index in [9.17, 15) is 0 Å². The van der Waals surface area contributed by atoms with Crippen LogP contribution < -0.4 is 5.73 Å². The maximum Gasteiger partial charge on any atom is 0.00806 e. The lowest BCUT2D eigenvalue weighted by Gasteiger charge is -2.23. The van der Waals surface area contributed by atoms with Gasteiger partial charge in [-0.1, -0.05) is 12.8 Å². The lowest BCUT2D eigenvalue weighted by atomic mass is 9.85. The Morgan fingerprint density at radius 2 is 2.29 bits per heavy atom. The highest BCUT2D eigenvalue weighted by molar-refractivity contribution is 7.10. The van der Waals surface area contributed by atoms with Gasteiger partial charge in [0.1, 0.15) is 0 Å². The number of hydrogen-bond donors (Lipinski definition) is 1. The molecule has 78 valence electrons. The van der Waals surface area contributed by atoms with Crippen LogP contribution in [0, 0.1) is 0 Å². The van der Waals surface area contributed by atoms with Crippen LogP contribution in [0.2, 0.25) is 0 Å². The van der Waals surface area contributed by atoms with Gasteiger partial charge in [-0.05, 0) is 49.1 Å². The molecule has 0 saturated heterocycles. The van der Waals surface area contributed by atoms with Gasteiger partial charge in [0.15, 0.2) is 0 Å². The summed E-state index contributed by atoms with van der Waals surface area (Å²) in [7, 11) is 0.